The molecule has 2 nitrogen and oxygen atoms in total. The molecule has 2 unspecified atom stereocenters. The highest BCUT2D eigenvalue weighted by Crippen LogP contribution is 2.55. The number of hydrogen-bond donors (Lipinski definition) is 0. The second kappa shape index (κ2) is 5.84. The van der Waals surface area contributed by atoms with E-state index in [0.29, 0.717) is 5.92 Å². The standard InChI is InChI=1S/C34H24N2/c1-2-14-35-27(11-1)19-24-9-4-8-23-18-25-13-12-22-16-20-6-3-7-21-17-26-10-5-15-36-33(26)30(28(20)21)29(22)32(25)34(35,36)31(23)24/h1-15,30H,16-19H2/q+2. The van der Waals surface area contributed by atoms with Crippen LogP contribution in [0.2, 0.25) is 0 Å². The minimum Gasteiger partial charge on any atom is -0.130 e. The van der Waals surface area contributed by atoms with Crippen molar-refractivity contribution in [3.63, 3.8) is 0 Å². The van der Waals surface area contributed by atoms with Crippen molar-refractivity contribution in [2.75, 3.05) is 0 Å². The van der Waals surface area contributed by atoms with E-state index in [9.17, 15) is 0 Å². The molecule has 0 radical (unpaired) electrons. The van der Waals surface area contributed by atoms with Crippen LogP contribution >= 0.6 is 0 Å². The highest BCUT2D eigenvalue weighted by Gasteiger charge is 2.68. The summed E-state index contributed by atoms with van der Waals surface area (Å²) in [6.45, 7) is 0. The van der Waals surface area contributed by atoms with Crippen molar-refractivity contribution < 1.29 is 9.13 Å². The van der Waals surface area contributed by atoms with Crippen LogP contribution in [0.25, 0.3) is 0 Å². The molecule has 2 atom stereocenters. The second-order valence-electron chi connectivity index (χ2n) is 11.3. The Morgan fingerprint density at radius 3 is 2.03 bits per heavy atom. The zero-order chi connectivity index (χ0) is 23.2. The minimum absolute atomic E-state index is 0.328. The van der Waals surface area contributed by atoms with Crippen molar-refractivity contribution in [2.24, 2.45) is 0 Å². The Bertz CT molecular complexity index is 1830. The van der Waals surface area contributed by atoms with Gasteiger partial charge in [0.25, 0.3) is 0 Å². The predicted molar refractivity (Wildman–Crippen MR) is 136 cm³/mol. The first kappa shape index (κ1) is 18.3. The fraction of sp³-hybridized carbons (Fsp3) is 0.176. The Kier molecular flexibility index (Phi) is 2.96. The van der Waals surface area contributed by atoms with Crippen LogP contribution in [0.15, 0.2) is 91.3 Å². The molecule has 10 rings (SSSR count). The van der Waals surface area contributed by atoms with Crippen LogP contribution in [0, 0.1) is 0 Å². The molecule has 1 spiro atoms. The molecule has 2 aromatic heterocycles. The normalized spacial score (nSPS) is 21.8. The van der Waals surface area contributed by atoms with Crippen molar-refractivity contribution in [3.05, 3.63) is 164 Å². The Morgan fingerprint density at radius 1 is 0.500 bits per heavy atom. The Hall–Kier alpha value is -4.04. The van der Waals surface area contributed by atoms with Crippen LogP contribution in [-0.2, 0) is 31.3 Å². The lowest BCUT2D eigenvalue weighted by molar-refractivity contribution is -0.980. The van der Waals surface area contributed by atoms with Crippen LogP contribution in [-0.4, -0.2) is 0 Å². The molecule has 0 bridgehead atoms. The Labute approximate surface area is 210 Å². The lowest BCUT2D eigenvalue weighted by atomic mass is 9.60. The van der Waals surface area contributed by atoms with Crippen LogP contribution in [0.5, 0.6) is 0 Å². The molecule has 2 heteroatoms. The molecular formula is C34H24N2+2. The third-order valence-electron chi connectivity index (χ3n) is 9.77. The lowest BCUT2D eigenvalue weighted by Crippen LogP contribution is -2.81. The fourth-order valence-corrected chi connectivity index (χ4v) is 8.70. The maximum Gasteiger partial charge on any atom is 0.416 e. The first-order valence-corrected chi connectivity index (χ1v) is 13.2. The number of fused-ring (bicyclic) bond motifs is 1. The Morgan fingerprint density at radius 2 is 1.14 bits per heavy atom. The number of aromatic nitrogens is 2. The largest absolute Gasteiger partial charge is 0.416 e. The summed E-state index contributed by atoms with van der Waals surface area (Å²) in [5, 5.41) is 0. The highest BCUT2D eigenvalue weighted by atomic mass is 15.3. The van der Waals surface area contributed by atoms with Gasteiger partial charge < -0.3 is 0 Å². The molecule has 0 fully saturated rings. The van der Waals surface area contributed by atoms with E-state index >= 15 is 0 Å². The maximum atomic E-state index is 2.71. The summed E-state index contributed by atoms with van der Waals surface area (Å²) >= 11 is 0. The molecule has 3 aliphatic carbocycles. The average Bonchev–Trinajstić information content (AvgIpc) is 2.92. The van der Waals surface area contributed by atoms with E-state index in [2.05, 4.69) is 100 Å². The lowest BCUT2D eigenvalue weighted by Gasteiger charge is -2.45. The minimum atomic E-state index is -0.370. The summed E-state index contributed by atoms with van der Waals surface area (Å²) in [6.07, 6.45) is 8.82. The summed E-state index contributed by atoms with van der Waals surface area (Å²) in [7, 11) is 0. The van der Waals surface area contributed by atoms with Gasteiger partial charge in [-0.1, -0.05) is 54.6 Å². The zero-order valence-electron chi connectivity index (χ0n) is 20.0. The van der Waals surface area contributed by atoms with Gasteiger partial charge in [0.05, 0.1) is 12.3 Å². The monoisotopic (exact) mass is 460 g/mol. The van der Waals surface area contributed by atoms with Gasteiger partial charge in [-0.15, -0.1) is 9.13 Å². The summed E-state index contributed by atoms with van der Waals surface area (Å²) in [5.41, 5.74) is 19.3. The number of rotatable bonds is 0. The SMILES string of the molecule is c1cc2c3c(c1)Cc1ccc[n+]4c1C3c1c(ccc3c1C41c4c(cccc4Cc4cccc[n+]41)C3)C2. The van der Waals surface area contributed by atoms with Gasteiger partial charge >= 0.3 is 5.66 Å². The first-order valence-electron chi connectivity index (χ1n) is 13.2. The molecule has 3 aromatic carbocycles. The van der Waals surface area contributed by atoms with Gasteiger partial charge in [0.1, 0.15) is 11.1 Å². The quantitative estimate of drug-likeness (QED) is 0.291. The van der Waals surface area contributed by atoms with Gasteiger partial charge in [-0.3, -0.25) is 0 Å². The van der Waals surface area contributed by atoms with Gasteiger partial charge in [0.2, 0.25) is 5.69 Å². The molecule has 4 heterocycles. The van der Waals surface area contributed by atoms with E-state index in [1.807, 2.05) is 0 Å². The summed E-state index contributed by atoms with van der Waals surface area (Å²) in [4.78, 5) is 0. The maximum absolute atomic E-state index is 2.71. The van der Waals surface area contributed by atoms with E-state index < -0.39 is 0 Å². The van der Waals surface area contributed by atoms with Crippen molar-refractivity contribution in [3.8, 4) is 0 Å². The highest BCUT2D eigenvalue weighted by molar-refractivity contribution is 5.68. The van der Waals surface area contributed by atoms with Gasteiger partial charge in [0.15, 0.2) is 18.1 Å². The number of hydrogen-bond acceptors (Lipinski definition) is 0. The summed E-state index contributed by atoms with van der Waals surface area (Å²) in [5.74, 6) is 0.328. The zero-order valence-corrected chi connectivity index (χ0v) is 20.0. The summed E-state index contributed by atoms with van der Waals surface area (Å²) < 4.78 is 5.33. The fourth-order valence-electron chi connectivity index (χ4n) is 8.70. The molecular weight excluding hydrogens is 436 g/mol. The number of benzene rings is 3. The van der Waals surface area contributed by atoms with Gasteiger partial charge in [-0.2, -0.15) is 0 Å². The predicted octanol–water partition coefficient (Wildman–Crippen LogP) is 4.67. The van der Waals surface area contributed by atoms with Crippen LogP contribution in [0.3, 0.4) is 0 Å². The van der Waals surface area contributed by atoms with Crippen LogP contribution in [0.4, 0.5) is 0 Å². The van der Waals surface area contributed by atoms with E-state index in [4.69, 9.17) is 0 Å². The van der Waals surface area contributed by atoms with E-state index in [-0.39, 0.29) is 5.66 Å². The van der Waals surface area contributed by atoms with Gasteiger partial charge in [-0.05, 0) is 63.4 Å². The number of pyridine rings is 2. The van der Waals surface area contributed by atoms with Crippen molar-refractivity contribution in [2.45, 2.75) is 37.3 Å². The molecule has 0 saturated carbocycles. The average molecular weight is 461 g/mol. The molecule has 5 aromatic rings. The molecule has 168 valence electrons. The van der Waals surface area contributed by atoms with Crippen LogP contribution < -0.4 is 9.13 Å². The van der Waals surface area contributed by atoms with Crippen molar-refractivity contribution in [1.82, 2.24) is 0 Å². The van der Waals surface area contributed by atoms with E-state index in [1.54, 1.807) is 16.7 Å². The van der Waals surface area contributed by atoms with Gasteiger partial charge in [0, 0.05) is 30.2 Å². The summed E-state index contributed by atoms with van der Waals surface area (Å²) in [6, 6.07) is 30.4. The molecule has 0 saturated heterocycles. The molecule has 2 aliphatic heterocycles. The molecule has 0 amide bonds. The molecule has 0 N–H and O–H groups in total. The van der Waals surface area contributed by atoms with Crippen molar-refractivity contribution in [1.29, 1.82) is 0 Å². The molecule has 36 heavy (non-hydrogen) atoms. The van der Waals surface area contributed by atoms with Gasteiger partial charge in [-0.25, -0.2) is 0 Å². The van der Waals surface area contributed by atoms with Crippen LogP contribution in [0.1, 0.15) is 78.5 Å². The Balaban J connectivity index is 1.48. The molecule has 5 aliphatic rings. The van der Waals surface area contributed by atoms with E-state index in [0.717, 1.165) is 25.7 Å². The second-order valence-corrected chi connectivity index (χ2v) is 11.3. The third kappa shape index (κ3) is 1.81. The van der Waals surface area contributed by atoms with E-state index in [1.165, 1.54) is 55.9 Å². The first-order chi connectivity index (χ1) is 17.8. The smallest absolute Gasteiger partial charge is 0.130 e. The number of nitrogens with zero attached hydrogens (tertiary/aromatic N) is 2. The van der Waals surface area contributed by atoms with Crippen molar-refractivity contribution >= 4 is 0 Å². The topological polar surface area (TPSA) is 7.76 Å². The third-order valence-corrected chi connectivity index (χ3v) is 9.77.